The zero-order valence-electron chi connectivity index (χ0n) is 32.3. The molecule has 8 aromatic rings. The first kappa shape index (κ1) is 35.1. The highest BCUT2D eigenvalue weighted by Gasteiger charge is 2.25. The smallest absolute Gasteiger partial charge is 0.229 e. The highest BCUT2D eigenvalue weighted by molar-refractivity contribution is 6.17. The van der Waals surface area contributed by atoms with Crippen molar-refractivity contribution in [1.29, 1.82) is 0 Å². The number of rotatable bonds is 6. The van der Waals surface area contributed by atoms with E-state index in [-0.39, 0.29) is 16.6 Å². The summed E-state index contributed by atoms with van der Waals surface area (Å²) >= 11 is 0. The fourth-order valence-corrected chi connectivity index (χ4v) is 7.14. The highest BCUT2D eigenvalue weighted by atomic mass is 16.3. The molecule has 0 atom stereocenters. The predicted octanol–water partition coefficient (Wildman–Crippen LogP) is 13.9. The van der Waals surface area contributed by atoms with Crippen LogP contribution in [0.4, 0.5) is 5.69 Å². The Morgan fingerprint density at radius 1 is 0.648 bits per heavy atom. The third-order valence-electron chi connectivity index (χ3n) is 10.4. The number of fused-ring (bicyclic) bond motifs is 4. The van der Waals surface area contributed by atoms with Crippen molar-refractivity contribution in [2.45, 2.75) is 72.1 Å². The van der Waals surface area contributed by atoms with Crippen LogP contribution < -0.4 is 0 Å². The maximum absolute atomic E-state index is 10.7. The topological polar surface area (TPSA) is 71.8 Å². The molecule has 2 aromatic heterocycles. The van der Waals surface area contributed by atoms with Crippen molar-refractivity contribution in [3.8, 4) is 39.5 Å². The van der Waals surface area contributed by atoms with Gasteiger partial charge in [0, 0.05) is 33.7 Å². The van der Waals surface area contributed by atoms with Crippen LogP contribution in [0.15, 0.2) is 129 Å². The lowest BCUT2D eigenvalue weighted by Crippen LogP contribution is -2.11. The summed E-state index contributed by atoms with van der Waals surface area (Å²) < 4.78 is 13.4. The minimum atomic E-state index is -0.160. The molecule has 0 radical (unpaired) electrons. The summed E-state index contributed by atoms with van der Waals surface area (Å²) in [4.78, 5) is 10.1. The Morgan fingerprint density at radius 3 is 2.09 bits per heavy atom. The molecule has 270 valence electrons. The number of oxazole rings is 1. The van der Waals surface area contributed by atoms with Crippen molar-refractivity contribution in [3.05, 3.63) is 138 Å². The number of benzene rings is 6. The van der Waals surface area contributed by atoms with Crippen molar-refractivity contribution >= 4 is 44.9 Å². The average Bonchev–Trinajstić information content (AvgIpc) is 3.76. The lowest BCUT2D eigenvalue weighted by molar-refractivity contribution is 0.473. The SMILES string of the molecule is CC(C)c1ccc(-c2ccc(-c3cc(C(C)(C)C)cc4oc(-c5ccccc5N=Cc5cc(C(C)(C)C)ccc5O)nc34)c3oc4ccccc4c23)cc1. The summed E-state index contributed by atoms with van der Waals surface area (Å²) in [7, 11) is 0. The molecule has 6 aromatic carbocycles. The van der Waals surface area contributed by atoms with E-state index in [1.165, 1.54) is 5.56 Å². The Bertz CT molecular complexity index is 2710. The van der Waals surface area contributed by atoms with Crippen LogP contribution in [0.25, 0.3) is 66.7 Å². The molecule has 0 amide bonds. The van der Waals surface area contributed by atoms with Gasteiger partial charge in [-0.25, -0.2) is 4.98 Å². The van der Waals surface area contributed by atoms with Crippen molar-refractivity contribution in [1.82, 2.24) is 4.98 Å². The number of hydrogen-bond acceptors (Lipinski definition) is 5. The molecule has 0 saturated heterocycles. The Morgan fingerprint density at radius 2 is 1.35 bits per heavy atom. The van der Waals surface area contributed by atoms with Crippen molar-refractivity contribution in [3.63, 3.8) is 0 Å². The van der Waals surface area contributed by atoms with Gasteiger partial charge in [-0.15, -0.1) is 0 Å². The van der Waals surface area contributed by atoms with E-state index in [2.05, 4.69) is 116 Å². The third-order valence-corrected chi connectivity index (χ3v) is 10.4. The first-order valence-electron chi connectivity index (χ1n) is 18.7. The molecular weight excluding hydrogens is 665 g/mol. The predicted molar refractivity (Wildman–Crippen MR) is 224 cm³/mol. The van der Waals surface area contributed by atoms with Crippen molar-refractivity contribution in [2.75, 3.05) is 0 Å². The van der Waals surface area contributed by atoms with E-state index in [1.54, 1.807) is 12.3 Å². The number of furan rings is 1. The van der Waals surface area contributed by atoms with Gasteiger partial charge in [0.05, 0.1) is 11.3 Å². The summed E-state index contributed by atoms with van der Waals surface area (Å²) in [6, 6.07) is 39.4. The van der Waals surface area contributed by atoms with Gasteiger partial charge >= 0.3 is 0 Å². The Balaban J connectivity index is 1.31. The number of para-hydroxylation sites is 2. The molecule has 54 heavy (non-hydrogen) atoms. The minimum Gasteiger partial charge on any atom is -0.507 e. The van der Waals surface area contributed by atoms with Gasteiger partial charge in [-0.05, 0) is 93.1 Å². The molecule has 0 unspecified atom stereocenters. The minimum absolute atomic E-state index is 0.0661. The maximum Gasteiger partial charge on any atom is 0.229 e. The fourth-order valence-electron chi connectivity index (χ4n) is 7.14. The molecule has 0 saturated carbocycles. The van der Waals surface area contributed by atoms with E-state index < -0.39 is 0 Å². The monoisotopic (exact) mass is 710 g/mol. The average molecular weight is 711 g/mol. The lowest BCUT2D eigenvalue weighted by atomic mass is 9.84. The van der Waals surface area contributed by atoms with Gasteiger partial charge in [0.15, 0.2) is 5.58 Å². The standard InChI is InChI=1S/C49H46N2O3/c1-29(2)30-17-19-31(20-18-30)35-22-23-36(46-44(35)38-14-10-12-16-42(38)53-46)39-26-34(49(6,7)8)27-43-45(39)51-47(54-43)37-13-9-11-15-40(37)50-28-32-25-33(48(3,4)5)21-24-41(32)52/h9-29,52H,1-8H3. The number of phenolic OH excluding ortho intramolecular Hbond substituents is 1. The fraction of sp³-hybridized carbons (Fsp3) is 0.224. The van der Waals surface area contributed by atoms with Crippen molar-refractivity contribution < 1.29 is 13.9 Å². The van der Waals surface area contributed by atoms with Crippen LogP contribution in [0.3, 0.4) is 0 Å². The molecule has 0 aliphatic rings. The summed E-state index contributed by atoms with van der Waals surface area (Å²) in [6.07, 6.45) is 1.71. The van der Waals surface area contributed by atoms with Gasteiger partial charge in [0.1, 0.15) is 22.4 Å². The van der Waals surface area contributed by atoms with Crippen LogP contribution in [0.1, 0.15) is 83.6 Å². The maximum atomic E-state index is 10.7. The van der Waals surface area contributed by atoms with E-state index in [9.17, 15) is 5.11 Å². The molecule has 0 spiro atoms. The molecule has 5 heteroatoms. The number of aliphatic imine (C=N–C) groups is 1. The van der Waals surface area contributed by atoms with Gasteiger partial charge < -0.3 is 13.9 Å². The molecule has 2 heterocycles. The van der Waals surface area contributed by atoms with Gasteiger partial charge in [-0.3, -0.25) is 4.99 Å². The second-order valence-electron chi connectivity index (χ2n) is 16.7. The molecule has 1 N–H and O–H groups in total. The van der Waals surface area contributed by atoms with Crippen molar-refractivity contribution in [2.24, 2.45) is 4.99 Å². The molecule has 0 fully saturated rings. The number of aromatic hydroxyl groups is 1. The molecule has 5 nitrogen and oxygen atoms in total. The summed E-state index contributed by atoms with van der Waals surface area (Å²) in [6.45, 7) is 17.5. The second kappa shape index (κ2) is 13.2. The zero-order valence-corrected chi connectivity index (χ0v) is 32.3. The molecule has 0 aliphatic carbocycles. The Hall–Kier alpha value is -5.94. The lowest BCUT2D eigenvalue weighted by Gasteiger charge is -2.20. The Labute approximate surface area is 317 Å². The van der Waals surface area contributed by atoms with Crippen LogP contribution in [0.2, 0.25) is 0 Å². The highest BCUT2D eigenvalue weighted by Crippen LogP contribution is 2.45. The third kappa shape index (κ3) is 6.38. The first-order valence-corrected chi connectivity index (χ1v) is 18.7. The first-order chi connectivity index (χ1) is 25.8. The van der Waals surface area contributed by atoms with Gasteiger partial charge in [0.2, 0.25) is 5.89 Å². The number of hydrogen-bond donors (Lipinski definition) is 1. The van der Waals surface area contributed by atoms with Gasteiger partial charge in [-0.1, -0.05) is 122 Å². The molecular formula is C49H46N2O3. The van der Waals surface area contributed by atoms with Crippen LogP contribution in [0.5, 0.6) is 5.75 Å². The van der Waals surface area contributed by atoms with E-state index in [4.69, 9.17) is 18.8 Å². The summed E-state index contributed by atoms with van der Waals surface area (Å²) in [5.74, 6) is 1.11. The van der Waals surface area contributed by atoms with Crippen LogP contribution >= 0.6 is 0 Å². The number of phenols is 1. The summed E-state index contributed by atoms with van der Waals surface area (Å²) in [5, 5.41) is 12.9. The molecule has 0 aliphatic heterocycles. The van der Waals surface area contributed by atoms with Crippen LogP contribution in [0, 0.1) is 0 Å². The van der Waals surface area contributed by atoms with E-state index >= 15 is 0 Å². The molecule has 0 bridgehead atoms. The van der Waals surface area contributed by atoms with Gasteiger partial charge in [-0.2, -0.15) is 0 Å². The Kier molecular flexibility index (Phi) is 8.56. The second-order valence-corrected chi connectivity index (χ2v) is 16.7. The van der Waals surface area contributed by atoms with E-state index in [0.29, 0.717) is 28.6 Å². The van der Waals surface area contributed by atoms with E-state index in [1.807, 2.05) is 48.5 Å². The van der Waals surface area contributed by atoms with Crippen LogP contribution in [-0.2, 0) is 10.8 Å². The molecule has 8 rings (SSSR count). The van der Waals surface area contributed by atoms with Gasteiger partial charge in [0.25, 0.3) is 0 Å². The quantitative estimate of drug-likeness (QED) is 0.174. The largest absolute Gasteiger partial charge is 0.507 e. The number of aromatic nitrogens is 1. The van der Waals surface area contributed by atoms with E-state index in [0.717, 1.165) is 66.4 Å². The summed E-state index contributed by atoms with van der Waals surface area (Å²) in [5.41, 5.74) is 12.7. The normalized spacial score (nSPS) is 12.6. The van der Waals surface area contributed by atoms with Crippen LogP contribution in [-0.4, -0.2) is 16.3 Å². The number of nitrogens with zero attached hydrogens (tertiary/aromatic N) is 2. The zero-order chi connectivity index (χ0) is 37.9.